The van der Waals surface area contributed by atoms with Gasteiger partial charge in [0.15, 0.2) is 5.65 Å². The summed E-state index contributed by atoms with van der Waals surface area (Å²) in [5.41, 5.74) is 3.87. The maximum Gasteiger partial charge on any atom is 0.337 e. The van der Waals surface area contributed by atoms with E-state index in [1.165, 1.54) is 14.7 Å². The van der Waals surface area contributed by atoms with Crippen LogP contribution in [-0.4, -0.2) is 53.3 Å². The number of carbonyl (C=O) groups is 1. The molecule has 1 aliphatic rings. The van der Waals surface area contributed by atoms with E-state index in [1.807, 2.05) is 25.1 Å². The summed E-state index contributed by atoms with van der Waals surface area (Å²) < 4.78 is 18.8. The van der Waals surface area contributed by atoms with Crippen LogP contribution in [0.4, 0.5) is 4.39 Å². The van der Waals surface area contributed by atoms with Gasteiger partial charge in [-0.15, -0.1) is 0 Å². The van der Waals surface area contributed by atoms with Gasteiger partial charge in [-0.1, -0.05) is 36.4 Å². The zero-order valence-corrected chi connectivity index (χ0v) is 28.3. The van der Waals surface area contributed by atoms with Crippen LogP contribution in [0.1, 0.15) is 74.2 Å². The van der Waals surface area contributed by atoms with Crippen LogP contribution in [-0.2, 0) is 13.6 Å². The van der Waals surface area contributed by atoms with Crippen molar-refractivity contribution in [3.05, 3.63) is 110 Å². The molecule has 1 aliphatic carbocycles. The van der Waals surface area contributed by atoms with Crippen molar-refractivity contribution in [2.45, 2.75) is 77.5 Å². The predicted octanol–water partition coefficient (Wildman–Crippen LogP) is 5.54. The lowest BCUT2D eigenvalue weighted by Gasteiger charge is -2.31. The van der Waals surface area contributed by atoms with Crippen LogP contribution in [0, 0.1) is 12.7 Å². The average Bonchev–Trinajstić information content (AvgIpc) is 3.40. The van der Waals surface area contributed by atoms with E-state index in [-0.39, 0.29) is 28.5 Å². The molecule has 1 N–H and O–H groups in total. The summed E-state index contributed by atoms with van der Waals surface area (Å²) in [5.74, 6) is -0.904. The first-order valence-electron chi connectivity index (χ1n) is 16.4. The number of nitrogens with one attached hydrogen (secondary N) is 1. The number of fused-ring (bicyclic) bond motifs is 1. The van der Waals surface area contributed by atoms with Crippen molar-refractivity contribution in [1.82, 2.24) is 34.1 Å². The fraction of sp³-hybridized carbons (Fsp3) is 0.378. The van der Waals surface area contributed by atoms with Crippen LogP contribution in [0.25, 0.3) is 27.8 Å². The van der Waals surface area contributed by atoms with Gasteiger partial charge in [-0.3, -0.25) is 23.7 Å². The molecule has 0 atom stereocenters. The maximum absolute atomic E-state index is 14.5. The Morgan fingerprint density at radius 2 is 1.71 bits per heavy atom. The van der Waals surface area contributed by atoms with Crippen molar-refractivity contribution in [3.63, 3.8) is 0 Å². The quantitative estimate of drug-likeness (QED) is 0.248. The normalized spacial score (nSPS) is 16.8. The molecule has 6 rings (SSSR count). The van der Waals surface area contributed by atoms with Gasteiger partial charge in [0.1, 0.15) is 11.5 Å². The maximum atomic E-state index is 14.5. The van der Waals surface area contributed by atoms with Gasteiger partial charge in [0, 0.05) is 36.9 Å². The topological polar surface area (TPSA) is 107 Å². The Bertz CT molecular complexity index is 2080. The summed E-state index contributed by atoms with van der Waals surface area (Å²) in [7, 11) is 3.89. The fourth-order valence-electron chi connectivity index (χ4n) is 6.28. The van der Waals surface area contributed by atoms with Gasteiger partial charge in [-0.05, 0) is 101 Å². The fourth-order valence-corrected chi connectivity index (χ4v) is 6.28. The summed E-state index contributed by atoms with van der Waals surface area (Å²) in [6.45, 7) is 9.24. The third-order valence-electron chi connectivity index (χ3n) is 9.59. The van der Waals surface area contributed by atoms with E-state index in [9.17, 15) is 18.8 Å². The van der Waals surface area contributed by atoms with Crippen molar-refractivity contribution in [2.24, 2.45) is 7.05 Å². The first-order chi connectivity index (χ1) is 22.8. The molecule has 1 fully saturated rings. The minimum absolute atomic E-state index is 0.0354. The zero-order valence-electron chi connectivity index (χ0n) is 28.3. The van der Waals surface area contributed by atoms with Gasteiger partial charge in [-0.25, -0.2) is 18.7 Å². The lowest BCUT2D eigenvalue weighted by atomic mass is 9.90. The molecule has 1 amide bonds. The number of amides is 1. The summed E-state index contributed by atoms with van der Waals surface area (Å²) in [5, 5.41) is 7.34. The summed E-state index contributed by atoms with van der Waals surface area (Å²) in [6, 6.07) is 18.2. The van der Waals surface area contributed by atoms with E-state index in [4.69, 9.17) is 0 Å². The highest BCUT2D eigenvalue weighted by atomic mass is 19.1. The smallest absolute Gasteiger partial charge is 0.337 e. The van der Waals surface area contributed by atoms with Crippen LogP contribution < -0.4 is 16.6 Å². The number of aryl methyl sites for hydroxylation is 2. The molecule has 1 saturated carbocycles. The van der Waals surface area contributed by atoms with Crippen molar-refractivity contribution in [1.29, 1.82) is 0 Å². The molecule has 0 aliphatic heterocycles. The summed E-state index contributed by atoms with van der Waals surface area (Å²) in [4.78, 5) is 47.3. The van der Waals surface area contributed by atoms with Crippen LogP contribution >= 0.6 is 0 Å². The molecular weight excluding hydrogens is 609 g/mol. The lowest BCUT2D eigenvalue weighted by molar-refractivity contribution is 0.0916. The van der Waals surface area contributed by atoms with Crippen molar-refractivity contribution < 1.29 is 9.18 Å². The Labute approximate surface area is 278 Å². The van der Waals surface area contributed by atoms with Gasteiger partial charge in [0.2, 0.25) is 0 Å². The molecular formula is C37H42FN7O3. The van der Waals surface area contributed by atoms with E-state index in [0.717, 1.165) is 35.6 Å². The van der Waals surface area contributed by atoms with Crippen LogP contribution in [0.3, 0.4) is 0 Å². The summed E-state index contributed by atoms with van der Waals surface area (Å²) >= 11 is 0. The van der Waals surface area contributed by atoms with Crippen LogP contribution in [0.2, 0.25) is 0 Å². The van der Waals surface area contributed by atoms with Crippen molar-refractivity contribution in [3.8, 4) is 16.8 Å². The largest absolute Gasteiger partial charge is 0.348 e. The third-order valence-corrected chi connectivity index (χ3v) is 9.59. The molecule has 2 aromatic carbocycles. The Kier molecular flexibility index (Phi) is 8.91. The zero-order chi connectivity index (χ0) is 34.3. The van der Waals surface area contributed by atoms with Gasteiger partial charge in [-0.2, -0.15) is 5.10 Å². The molecule has 5 aromatic rings. The molecule has 10 nitrogen and oxygen atoms in total. The highest BCUT2D eigenvalue weighted by molar-refractivity contribution is 5.92. The molecule has 3 heterocycles. The second-order valence-electron chi connectivity index (χ2n) is 13.9. The molecule has 0 unspecified atom stereocenters. The highest BCUT2D eigenvalue weighted by Crippen LogP contribution is 2.29. The number of nitrogens with zero attached hydrogens (tertiary/aromatic N) is 6. The predicted molar refractivity (Wildman–Crippen MR) is 185 cm³/mol. The van der Waals surface area contributed by atoms with Crippen molar-refractivity contribution >= 4 is 16.9 Å². The molecule has 11 heteroatoms. The third kappa shape index (κ3) is 6.60. The SMILES string of the molecule is Cc1cc(C(=O)NC2CCC(n3c(=O)c4cc(F)cnc4n(-c4cccc(-c5ccc(CN(C)C(C)(C)C)cc5)c4)c3=O)CC2)nn1C. The van der Waals surface area contributed by atoms with E-state index in [2.05, 4.69) is 72.4 Å². The minimum Gasteiger partial charge on any atom is -0.348 e. The Morgan fingerprint density at radius 1 is 1.00 bits per heavy atom. The molecule has 0 spiro atoms. The highest BCUT2D eigenvalue weighted by Gasteiger charge is 2.29. The van der Waals surface area contributed by atoms with E-state index >= 15 is 0 Å². The second-order valence-corrected chi connectivity index (χ2v) is 13.9. The van der Waals surface area contributed by atoms with E-state index < -0.39 is 23.1 Å². The number of carbonyl (C=O) groups excluding carboxylic acids is 1. The number of rotatable bonds is 7. The molecule has 250 valence electrons. The molecule has 48 heavy (non-hydrogen) atoms. The molecule has 0 bridgehead atoms. The number of pyridine rings is 1. The molecule has 0 saturated heterocycles. The van der Waals surface area contributed by atoms with Gasteiger partial charge in [0.05, 0.1) is 17.3 Å². The number of halogens is 1. The Balaban J connectivity index is 1.30. The number of aromatic nitrogens is 5. The Hall–Kier alpha value is -4.90. The van der Waals surface area contributed by atoms with Crippen LogP contribution in [0.5, 0.6) is 0 Å². The van der Waals surface area contributed by atoms with Crippen LogP contribution in [0.15, 0.2) is 76.4 Å². The molecule has 3 aromatic heterocycles. The average molecular weight is 652 g/mol. The van der Waals surface area contributed by atoms with Gasteiger partial charge < -0.3 is 5.32 Å². The van der Waals surface area contributed by atoms with Gasteiger partial charge >= 0.3 is 5.69 Å². The minimum atomic E-state index is -0.654. The number of hydrogen-bond acceptors (Lipinski definition) is 6. The molecule has 0 radical (unpaired) electrons. The first kappa shape index (κ1) is 33.0. The standard InChI is InChI=1S/C37H42FN7O3/c1-23-18-32(41-43(23)6)34(46)40-28-14-16-29(17-15-28)45-35(47)31-20-27(38)21-39-33(31)44(36(45)48)30-9-7-8-26(19-30)25-12-10-24(11-13-25)22-42(5)37(2,3)4/h7-13,18-21,28-29H,14-17,22H2,1-6H3,(H,40,46). The monoisotopic (exact) mass is 651 g/mol. The van der Waals surface area contributed by atoms with E-state index in [0.29, 0.717) is 37.1 Å². The van der Waals surface area contributed by atoms with E-state index in [1.54, 1.807) is 23.9 Å². The number of benzene rings is 2. The Morgan fingerprint density at radius 3 is 2.35 bits per heavy atom. The first-order valence-corrected chi connectivity index (χ1v) is 16.4. The lowest BCUT2D eigenvalue weighted by Crippen LogP contribution is -2.45. The second kappa shape index (κ2) is 13.0. The number of hydrogen-bond donors (Lipinski definition) is 1. The van der Waals surface area contributed by atoms with Crippen molar-refractivity contribution in [2.75, 3.05) is 7.05 Å². The van der Waals surface area contributed by atoms with Gasteiger partial charge in [0.25, 0.3) is 11.5 Å². The summed E-state index contributed by atoms with van der Waals surface area (Å²) in [6.07, 6.45) is 3.16.